The van der Waals surface area contributed by atoms with Gasteiger partial charge in [-0.3, -0.25) is 21.3 Å². The molecule has 6 N–H and O–H groups in total. The Morgan fingerprint density at radius 1 is 0.800 bits per heavy atom. The monoisotopic (exact) mass is 568 g/mol. The number of rotatable bonds is 18. The molecular formula is C24H36N6O10. The zero-order valence-electron chi connectivity index (χ0n) is 21.9. The van der Waals surface area contributed by atoms with Gasteiger partial charge in [-0.25, -0.2) is 9.59 Å². The highest BCUT2D eigenvalue weighted by atomic mass is 16.9. The molecule has 0 amide bonds. The number of carbonyl (C=O) groups is 2. The summed E-state index contributed by atoms with van der Waals surface area (Å²) in [5.74, 6) is -0.655. The number of hydrogen-bond acceptors (Lipinski definition) is 14. The lowest BCUT2D eigenvalue weighted by Gasteiger charge is -2.27. The number of ether oxygens (including phenoxy) is 4. The summed E-state index contributed by atoms with van der Waals surface area (Å²) in [6.45, 7) is 8.57. The van der Waals surface area contributed by atoms with Gasteiger partial charge in [-0.1, -0.05) is 19.2 Å². The summed E-state index contributed by atoms with van der Waals surface area (Å²) < 4.78 is 22.0. The first-order valence-corrected chi connectivity index (χ1v) is 12.7. The smallest absolute Gasteiger partial charge is 0.330 e. The van der Waals surface area contributed by atoms with Crippen LogP contribution in [0.3, 0.4) is 0 Å². The predicted octanol–water partition coefficient (Wildman–Crippen LogP) is -3.78. The minimum atomic E-state index is -0.901. The lowest BCUT2D eigenvalue weighted by Crippen LogP contribution is -3.14. The second kappa shape index (κ2) is 16.8. The average Bonchev–Trinajstić information content (AvgIpc) is 3.71. The van der Waals surface area contributed by atoms with Gasteiger partial charge in [0.15, 0.2) is 12.2 Å². The normalized spacial score (nSPS) is 18.9. The van der Waals surface area contributed by atoms with Crippen molar-refractivity contribution in [2.75, 3.05) is 52.6 Å². The topological polar surface area (TPSA) is 193 Å². The van der Waals surface area contributed by atoms with Crippen molar-refractivity contribution in [3.05, 3.63) is 60.0 Å². The van der Waals surface area contributed by atoms with Crippen LogP contribution in [0, 0.1) is 10.4 Å². The molecule has 0 saturated carbocycles. The Kier molecular flexibility index (Phi) is 13.2. The second-order valence-corrected chi connectivity index (χ2v) is 8.57. The molecule has 16 heteroatoms. The SMILES string of the molecule is C=CC(=O)OC(COc1cccc(OCC(CO[NH+]([O-])C2NCCN2)OC(=O)C=C)c1)CO[NH+]([O-])C1NCCN1. The fourth-order valence-electron chi connectivity index (χ4n) is 3.55. The Morgan fingerprint density at radius 3 is 1.57 bits per heavy atom. The molecular weight excluding hydrogens is 532 g/mol. The molecule has 0 aliphatic carbocycles. The number of hydrogen-bond donors (Lipinski definition) is 6. The Morgan fingerprint density at radius 2 is 1.20 bits per heavy atom. The van der Waals surface area contributed by atoms with Crippen LogP contribution in [0.25, 0.3) is 0 Å². The van der Waals surface area contributed by atoms with E-state index < -0.39 is 47.2 Å². The lowest BCUT2D eigenvalue weighted by atomic mass is 10.3. The van der Waals surface area contributed by atoms with E-state index in [0.29, 0.717) is 37.7 Å². The number of hydroxylamine groups is 4. The summed E-state index contributed by atoms with van der Waals surface area (Å²) in [5.41, 5.74) is 0. The molecule has 2 fully saturated rings. The highest BCUT2D eigenvalue weighted by Gasteiger charge is 2.25. The zero-order valence-corrected chi connectivity index (χ0v) is 21.9. The Labute approximate surface area is 231 Å². The molecule has 0 bridgehead atoms. The van der Waals surface area contributed by atoms with Crippen LogP contribution >= 0.6 is 0 Å². The largest absolute Gasteiger partial charge is 0.598 e. The molecule has 3 rings (SSSR count). The van der Waals surface area contributed by atoms with Crippen molar-refractivity contribution in [3.8, 4) is 11.5 Å². The number of esters is 2. The third kappa shape index (κ3) is 10.8. The summed E-state index contributed by atoms with van der Waals surface area (Å²) in [5, 5.41) is 35.0. The maximum atomic E-state index is 12.2. The van der Waals surface area contributed by atoms with Crippen molar-refractivity contribution in [3.63, 3.8) is 0 Å². The molecule has 1 aromatic rings. The lowest BCUT2D eigenvalue weighted by molar-refractivity contribution is -1.08. The first-order valence-electron chi connectivity index (χ1n) is 12.7. The van der Waals surface area contributed by atoms with Crippen LogP contribution in [0.5, 0.6) is 11.5 Å². The molecule has 4 atom stereocenters. The van der Waals surface area contributed by atoms with Gasteiger partial charge >= 0.3 is 11.9 Å². The summed E-state index contributed by atoms with van der Waals surface area (Å²) in [7, 11) is 0. The highest BCUT2D eigenvalue weighted by Crippen LogP contribution is 2.20. The van der Waals surface area contributed by atoms with E-state index in [4.69, 9.17) is 28.6 Å². The van der Waals surface area contributed by atoms with Crippen LogP contribution in [-0.2, 0) is 28.7 Å². The third-order valence-electron chi connectivity index (χ3n) is 5.51. The van der Waals surface area contributed by atoms with Gasteiger partial charge in [-0.2, -0.15) is 20.1 Å². The van der Waals surface area contributed by atoms with Gasteiger partial charge in [0, 0.05) is 44.4 Å². The van der Waals surface area contributed by atoms with Crippen LogP contribution in [0.2, 0.25) is 0 Å². The van der Waals surface area contributed by atoms with Crippen LogP contribution in [0.1, 0.15) is 0 Å². The van der Waals surface area contributed by atoms with Crippen LogP contribution in [0.4, 0.5) is 0 Å². The molecule has 2 heterocycles. The second-order valence-electron chi connectivity index (χ2n) is 8.57. The average molecular weight is 569 g/mol. The Hall–Kier alpha value is -3.16. The fourth-order valence-corrected chi connectivity index (χ4v) is 3.55. The van der Waals surface area contributed by atoms with Gasteiger partial charge in [0.1, 0.15) is 37.9 Å². The van der Waals surface area contributed by atoms with E-state index in [9.17, 15) is 20.0 Å². The van der Waals surface area contributed by atoms with Gasteiger partial charge in [-0.05, 0) is 12.1 Å². The molecule has 0 spiro atoms. The zero-order chi connectivity index (χ0) is 28.7. The molecule has 16 nitrogen and oxygen atoms in total. The van der Waals surface area contributed by atoms with Gasteiger partial charge in [0.2, 0.25) is 12.6 Å². The van der Waals surface area contributed by atoms with Gasteiger partial charge in [0.25, 0.3) is 0 Å². The summed E-state index contributed by atoms with van der Waals surface area (Å²) in [6.07, 6.45) is -1.06. The van der Waals surface area contributed by atoms with Crippen LogP contribution < -0.4 is 41.2 Å². The molecule has 40 heavy (non-hydrogen) atoms. The van der Waals surface area contributed by atoms with E-state index >= 15 is 0 Å². The molecule has 4 unspecified atom stereocenters. The minimum absolute atomic E-state index is 0.124. The van der Waals surface area contributed by atoms with Crippen molar-refractivity contribution in [1.82, 2.24) is 21.3 Å². The number of benzene rings is 1. The van der Waals surface area contributed by atoms with Crippen LogP contribution in [0.15, 0.2) is 49.6 Å². The predicted molar refractivity (Wildman–Crippen MR) is 138 cm³/mol. The molecule has 222 valence electrons. The Balaban J connectivity index is 1.51. The van der Waals surface area contributed by atoms with E-state index in [1.54, 1.807) is 24.3 Å². The third-order valence-corrected chi connectivity index (χ3v) is 5.51. The van der Waals surface area contributed by atoms with Crippen molar-refractivity contribution in [2.24, 2.45) is 0 Å². The number of carbonyl (C=O) groups excluding carboxylic acids is 2. The Bertz CT molecular complexity index is 889. The summed E-state index contributed by atoms with van der Waals surface area (Å²) in [4.78, 5) is 34.0. The highest BCUT2D eigenvalue weighted by molar-refractivity contribution is 5.81. The van der Waals surface area contributed by atoms with Crippen LogP contribution in [-0.4, -0.2) is 89.3 Å². The fraction of sp³-hybridized carbons (Fsp3) is 0.500. The van der Waals surface area contributed by atoms with E-state index in [-0.39, 0.29) is 26.4 Å². The van der Waals surface area contributed by atoms with E-state index in [0.717, 1.165) is 12.2 Å². The van der Waals surface area contributed by atoms with Gasteiger partial charge in [-0.15, -0.1) is 0 Å². The van der Waals surface area contributed by atoms with Crippen molar-refractivity contribution in [2.45, 2.75) is 24.8 Å². The summed E-state index contributed by atoms with van der Waals surface area (Å²) in [6, 6.07) is 6.52. The quantitative estimate of drug-likeness (QED) is 0.0574. The first kappa shape index (κ1) is 31.4. The molecule has 2 aliphatic rings. The van der Waals surface area contributed by atoms with Gasteiger partial charge in [0.05, 0.1) is 0 Å². The maximum absolute atomic E-state index is 12.2. The number of quaternary nitrogens is 2. The van der Waals surface area contributed by atoms with E-state index in [1.807, 2.05) is 0 Å². The maximum Gasteiger partial charge on any atom is 0.330 e. The van der Waals surface area contributed by atoms with Gasteiger partial charge < -0.3 is 29.4 Å². The van der Waals surface area contributed by atoms with E-state index in [1.165, 1.54) is 0 Å². The van der Waals surface area contributed by atoms with Crippen molar-refractivity contribution >= 4 is 11.9 Å². The van der Waals surface area contributed by atoms with Crippen molar-refractivity contribution in [1.29, 1.82) is 0 Å². The molecule has 0 aromatic heterocycles. The number of nitrogens with one attached hydrogen (secondary N) is 6. The molecule has 2 saturated heterocycles. The standard InChI is InChI=1S/C24H36N6O10/c1-3-21(31)39-19(15-37-29(33)23-25-8-9-26-23)13-35-17-6-5-7-18(12-17)36-14-20(40-22(32)4-2)16-38-30(34)24-27-10-11-28-24/h3-7,12,19-20,23-30H,1-2,8-11,13-16H2. The molecule has 0 radical (unpaired) electrons. The first-order chi connectivity index (χ1) is 19.4. The summed E-state index contributed by atoms with van der Waals surface area (Å²) >= 11 is 0. The van der Waals surface area contributed by atoms with E-state index in [2.05, 4.69) is 34.4 Å². The molecule has 2 aliphatic heterocycles. The molecule has 1 aromatic carbocycles. The minimum Gasteiger partial charge on any atom is -0.598 e. The van der Waals surface area contributed by atoms with Crippen molar-refractivity contribution < 1.29 is 48.7 Å².